The summed E-state index contributed by atoms with van der Waals surface area (Å²) < 4.78 is 121. The molecule has 0 aromatic rings. The summed E-state index contributed by atoms with van der Waals surface area (Å²) in [6, 6.07) is 0. The van der Waals surface area contributed by atoms with Gasteiger partial charge >= 0.3 is 41.8 Å². The van der Waals surface area contributed by atoms with E-state index in [2.05, 4.69) is 6.58 Å². The van der Waals surface area contributed by atoms with E-state index in [4.69, 9.17) is 99.5 Å². The molecule has 0 spiro atoms. The highest BCUT2D eigenvalue weighted by Gasteiger charge is 2.58. The molecule has 1 amide bonds. The van der Waals surface area contributed by atoms with Crippen molar-refractivity contribution in [2.75, 3.05) is 133 Å². The van der Waals surface area contributed by atoms with E-state index in [-0.39, 0.29) is 52.7 Å². The molecule has 30 heteroatoms. The number of likely N-dealkylation sites (N-methyl/N-ethyl adjacent to an activating group) is 1. The average molecular weight is 1190 g/mol. The summed E-state index contributed by atoms with van der Waals surface area (Å²) >= 11 is 0. The summed E-state index contributed by atoms with van der Waals surface area (Å²) in [4.78, 5) is 103. The lowest BCUT2D eigenvalue weighted by molar-refractivity contribution is -0.368. The molecule has 3 saturated heterocycles. The number of ether oxygens (including phenoxy) is 21. The fourth-order valence-electron chi connectivity index (χ4n) is 8.04. The molecule has 1 unspecified atom stereocenters. The molecule has 3 aliphatic rings. The Morgan fingerprint density at radius 2 is 0.927 bits per heavy atom. The Balaban J connectivity index is 1.85. The van der Waals surface area contributed by atoms with Crippen LogP contribution in [-0.4, -0.2) is 265 Å². The van der Waals surface area contributed by atoms with Crippen molar-refractivity contribution in [3.05, 3.63) is 12.7 Å². The number of nitrogens with zero attached hydrogens (tertiary/aromatic N) is 1. The largest absolute Gasteiger partial charge is 0.463 e. The first-order chi connectivity index (χ1) is 39.0. The molecule has 0 radical (unpaired) electrons. The van der Waals surface area contributed by atoms with Gasteiger partial charge in [0.05, 0.1) is 106 Å². The molecule has 30 nitrogen and oxygen atoms in total. The predicted molar refractivity (Wildman–Crippen MR) is 273 cm³/mol. The third-order valence-corrected chi connectivity index (χ3v) is 11.3. The standard InChI is InChI=1S/C52H83NO29/c1-12-14-62-16-17-63-18-19-64-20-21-65-22-23-66-24-25-67-26-27-68-28-39(29-71-42-13-15-72-52(9,82-42)51(61)53(10)11)78-49-47(76-37(7)59)46(75-36(6)58)44(41(79-49)31-70-33(3)55)81-50-48(77-38(8)60)45(74-35(5)57)43(73-34(4)56)40(80-50)30-69-32(2)54/h12,39-50H,1,13-31H2,2-11H3/t39?,40-,41-,42+,43+,44-,45+,46+,47-,48-,49-,50+,52+/m1/s1. The predicted octanol–water partition coefficient (Wildman–Crippen LogP) is -0.122. The molecule has 82 heavy (non-hydrogen) atoms. The normalized spacial score (nSPS) is 26.5. The highest BCUT2D eigenvalue weighted by atomic mass is 16.8. The molecule has 13 atom stereocenters. The summed E-state index contributed by atoms with van der Waals surface area (Å²) in [5.74, 6) is -8.51. The van der Waals surface area contributed by atoms with Crippen LogP contribution in [0.4, 0.5) is 0 Å². The van der Waals surface area contributed by atoms with Crippen LogP contribution >= 0.6 is 0 Å². The zero-order chi connectivity index (χ0) is 60.6. The van der Waals surface area contributed by atoms with Crippen molar-refractivity contribution in [3.63, 3.8) is 0 Å². The van der Waals surface area contributed by atoms with Gasteiger partial charge in [0.25, 0.3) is 5.91 Å². The molecule has 3 fully saturated rings. The van der Waals surface area contributed by atoms with Crippen molar-refractivity contribution in [1.82, 2.24) is 4.90 Å². The lowest BCUT2D eigenvalue weighted by Gasteiger charge is -2.49. The summed E-state index contributed by atoms with van der Waals surface area (Å²) in [5, 5.41) is 0. The molecular formula is C52H83NO29. The molecule has 0 aliphatic carbocycles. The van der Waals surface area contributed by atoms with Crippen LogP contribution in [0.1, 0.15) is 61.8 Å². The van der Waals surface area contributed by atoms with Gasteiger partial charge in [-0.2, -0.15) is 0 Å². The van der Waals surface area contributed by atoms with Crippen molar-refractivity contribution in [2.45, 2.75) is 141 Å². The van der Waals surface area contributed by atoms with Crippen LogP contribution in [0.3, 0.4) is 0 Å². The van der Waals surface area contributed by atoms with Crippen molar-refractivity contribution in [3.8, 4) is 0 Å². The van der Waals surface area contributed by atoms with Gasteiger partial charge in [-0.3, -0.25) is 38.4 Å². The van der Waals surface area contributed by atoms with Crippen LogP contribution < -0.4 is 0 Å². The number of amides is 1. The van der Waals surface area contributed by atoms with Gasteiger partial charge in [0.1, 0.15) is 37.6 Å². The summed E-state index contributed by atoms with van der Waals surface area (Å²) in [5.41, 5.74) is 0. The van der Waals surface area contributed by atoms with E-state index in [0.717, 1.165) is 48.5 Å². The number of esters is 7. The number of hydrogen-bond donors (Lipinski definition) is 0. The Kier molecular flexibility index (Phi) is 33.6. The quantitative estimate of drug-likeness (QED) is 0.0335. The van der Waals surface area contributed by atoms with Crippen molar-refractivity contribution in [1.29, 1.82) is 0 Å². The fraction of sp³-hybridized carbons (Fsp3) is 0.808. The number of hydrogen-bond acceptors (Lipinski definition) is 29. The zero-order valence-electron chi connectivity index (χ0n) is 48.4. The van der Waals surface area contributed by atoms with E-state index in [1.807, 2.05) is 0 Å². The van der Waals surface area contributed by atoms with Gasteiger partial charge in [-0.05, 0) is 6.92 Å². The van der Waals surface area contributed by atoms with Crippen molar-refractivity contribution in [2.24, 2.45) is 0 Å². The van der Waals surface area contributed by atoms with Crippen molar-refractivity contribution >= 4 is 47.7 Å². The highest BCUT2D eigenvalue weighted by molar-refractivity contribution is 5.83. The van der Waals surface area contributed by atoms with E-state index in [1.165, 1.54) is 25.9 Å². The average Bonchev–Trinajstić information content (AvgIpc) is 3.43. The molecule has 3 rings (SSSR count). The first-order valence-corrected chi connectivity index (χ1v) is 26.6. The second kappa shape index (κ2) is 38.7. The van der Waals surface area contributed by atoms with Gasteiger partial charge in [0.2, 0.25) is 5.79 Å². The second-order valence-electron chi connectivity index (χ2n) is 18.6. The minimum absolute atomic E-state index is 0.0101. The summed E-state index contributed by atoms with van der Waals surface area (Å²) in [6.45, 7) is 14.7. The molecule has 0 aromatic carbocycles. The van der Waals surface area contributed by atoms with E-state index < -0.39 is 140 Å². The van der Waals surface area contributed by atoms with Gasteiger partial charge in [-0.1, -0.05) is 6.08 Å². The van der Waals surface area contributed by atoms with Crippen LogP contribution in [0.5, 0.6) is 0 Å². The van der Waals surface area contributed by atoms with Crippen LogP contribution in [0.2, 0.25) is 0 Å². The van der Waals surface area contributed by atoms with Crippen LogP contribution in [-0.2, 0) is 138 Å². The molecule has 0 saturated carbocycles. The Morgan fingerprint density at radius 1 is 0.524 bits per heavy atom. The van der Waals surface area contributed by atoms with Gasteiger partial charge in [-0.15, -0.1) is 6.58 Å². The van der Waals surface area contributed by atoms with Gasteiger partial charge < -0.3 is 104 Å². The third kappa shape index (κ3) is 27.1. The smallest absolute Gasteiger partial charge is 0.303 e. The Hall–Kier alpha value is -5.06. The SMILES string of the molecule is C=CCOCCOCCOCCOCCOCCOCCOCC(CO[C@@H]1CCO[C@](C)(C(=O)N(C)C)O1)O[C@@H]1O[C@H](COC(C)=O)[C@@H](O[C@@H]2O[C@H](COC(C)=O)[C@H](OC(C)=O)[C@H](OC(C)=O)[C@H]2OC(C)=O)[C@H](OC(C)=O)[C@H]1OC(C)=O. The lowest BCUT2D eigenvalue weighted by atomic mass is 9.96. The minimum atomic E-state index is -1.91. The van der Waals surface area contributed by atoms with E-state index in [1.54, 1.807) is 6.08 Å². The first-order valence-electron chi connectivity index (χ1n) is 26.6. The Morgan fingerprint density at radius 3 is 1.38 bits per heavy atom. The molecule has 3 heterocycles. The maximum Gasteiger partial charge on any atom is 0.303 e. The molecule has 0 aromatic heterocycles. The Bertz CT molecular complexity index is 1980. The molecule has 0 bridgehead atoms. The Labute approximate surface area is 476 Å². The van der Waals surface area contributed by atoms with Gasteiger partial charge in [-0.25, -0.2) is 0 Å². The maximum atomic E-state index is 13.1. The molecule has 470 valence electrons. The van der Waals surface area contributed by atoms with Gasteiger partial charge in [0, 0.05) is 69.0 Å². The first kappa shape index (κ1) is 71.2. The zero-order valence-corrected chi connectivity index (χ0v) is 48.4. The number of carbonyl (C=O) groups excluding carboxylic acids is 8. The van der Waals surface area contributed by atoms with Crippen LogP contribution in [0.25, 0.3) is 0 Å². The topological polar surface area (TPSA) is 334 Å². The third-order valence-electron chi connectivity index (χ3n) is 11.3. The van der Waals surface area contributed by atoms with Crippen LogP contribution in [0, 0.1) is 0 Å². The van der Waals surface area contributed by atoms with Crippen molar-refractivity contribution < 1.29 is 138 Å². The van der Waals surface area contributed by atoms with Crippen LogP contribution in [0.15, 0.2) is 12.7 Å². The van der Waals surface area contributed by atoms with E-state index in [9.17, 15) is 38.4 Å². The monoisotopic (exact) mass is 1190 g/mol. The lowest BCUT2D eigenvalue weighted by Crippen LogP contribution is -2.67. The molecule has 0 N–H and O–H groups in total. The number of rotatable bonds is 39. The van der Waals surface area contributed by atoms with E-state index in [0.29, 0.717) is 59.5 Å². The second-order valence-corrected chi connectivity index (χ2v) is 18.6. The maximum absolute atomic E-state index is 13.1. The fourth-order valence-corrected chi connectivity index (χ4v) is 8.04. The van der Waals surface area contributed by atoms with Gasteiger partial charge in [0.15, 0.2) is 49.4 Å². The molecular weight excluding hydrogens is 1100 g/mol. The minimum Gasteiger partial charge on any atom is -0.463 e. The highest BCUT2D eigenvalue weighted by Crippen LogP contribution is 2.36. The summed E-state index contributed by atoms with van der Waals surface area (Å²) in [7, 11) is 3.06. The summed E-state index contributed by atoms with van der Waals surface area (Å²) in [6.07, 6.45) is -17.4. The van der Waals surface area contributed by atoms with E-state index >= 15 is 0 Å². The number of carbonyl (C=O) groups is 8. The molecule has 3 aliphatic heterocycles.